The van der Waals surface area contributed by atoms with Crippen LogP contribution < -0.4 is 5.32 Å². The quantitative estimate of drug-likeness (QED) is 0.734. The molecule has 2 saturated heterocycles. The molecule has 2 aliphatic rings. The Bertz CT molecular complexity index is 243. The highest BCUT2D eigenvalue weighted by atomic mass is 16.6. The number of hydrogen-bond acceptors (Lipinski definition) is 4. The van der Waals surface area contributed by atoms with E-state index >= 15 is 0 Å². The first-order valence-electron chi connectivity index (χ1n) is 6.31. The van der Waals surface area contributed by atoms with Crippen LogP contribution in [0, 0.1) is 0 Å². The van der Waals surface area contributed by atoms with Gasteiger partial charge in [-0.3, -0.25) is 4.79 Å². The Kier molecular flexibility index (Phi) is 3.82. The van der Waals surface area contributed by atoms with Crippen LogP contribution in [0.25, 0.3) is 0 Å². The van der Waals surface area contributed by atoms with Gasteiger partial charge in [0.2, 0.25) is 0 Å². The fourth-order valence-corrected chi connectivity index (χ4v) is 2.51. The van der Waals surface area contributed by atoms with Crippen LogP contribution >= 0.6 is 0 Å². The fourth-order valence-electron chi connectivity index (χ4n) is 2.51. The van der Waals surface area contributed by atoms with Gasteiger partial charge in [0.05, 0.1) is 6.10 Å². The Morgan fingerprint density at radius 1 is 1.56 bits per heavy atom. The minimum absolute atomic E-state index is 0.0944. The first-order valence-corrected chi connectivity index (χ1v) is 6.31. The van der Waals surface area contributed by atoms with E-state index in [1.807, 2.05) is 6.92 Å². The van der Waals surface area contributed by atoms with E-state index in [-0.39, 0.29) is 12.1 Å². The molecule has 16 heavy (non-hydrogen) atoms. The predicted molar refractivity (Wildman–Crippen MR) is 60.2 cm³/mol. The molecule has 0 radical (unpaired) electrons. The SMILES string of the molecule is CCC1(C(=O)OCC2CCCO2)CCCN1. The van der Waals surface area contributed by atoms with Crippen molar-refractivity contribution in [1.29, 1.82) is 0 Å². The predicted octanol–water partition coefficient (Wildman–Crippen LogP) is 1.24. The third-order valence-corrected chi connectivity index (χ3v) is 3.66. The molecule has 0 aromatic rings. The monoisotopic (exact) mass is 227 g/mol. The second kappa shape index (κ2) is 5.15. The van der Waals surface area contributed by atoms with Gasteiger partial charge >= 0.3 is 5.97 Å². The van der Waals surface area contributed by atoms with Crippen LogP contribution in [-0.2, 0) is 14.3 Å². The van der Waals surface area contributed by atoms with Crippen molar-refractivity contribution in [2.75, 3.05) is 19.8 Å². The summed E-state index contributed by atoms with van der Waals surface area (Å²) in [4.78, 5) is 12.0. The normalized spacial score (nSPS) is 34.2. The number of carbonyl (C=O) groups is 1. The highest BCUT2D eigenvalue weighted by molar-refractivity contribution is 5.81. The average Bonchev–Trinajstić information content (AvgIpc) is 2.97. The van der Waals surface area contributed by atoms with Crippen molar-refractivity contribution in [1.82, 2.24) is 5.32 Å². The zero-order chi connectivity index (χ0) is 11.4. The average molecular weight is 227 g/mol. The van der Waals surface area contributed by atoms with Crippen molar-refractivity contribution >= 4 is 5.97 Å². The number of esters is 1. The van der Waals surface area contributed by atoms with Crippen molar-refractivity contribution in [3.63, 3.8) is 0 Å². The van der Waals surface area contributed by atoms with E-state index in [9.17, 15) is 4.79 Å². The number of carbonyl (C=O) groups excluding carboxylic acids is 1. The van der Waals surface area contributed by atoms with Crippen molar-refractivity contribution in [2.45, 2.75) is 50.7 Å². The summed E-state index contributed by atoms with van der Waals surface area (Å²) in [7, 11) is 0. The van der Waals surface area contributed by atoms with Crippen LogP contribution in [-0.4, -0.2) is 37.4 Å². The second-order valence-corrected chi connectivity index (χ2v) is 4.70. The minimum Gasteiger partial charge on any atom is -0.462 e. The van der Waals surface area contributed by atoms with Gasteiger partial charge in [-0.15, -0.1) is 0 Å². The molecule has 0 amide bonds. The molecule has 2 heterocycles. The molecule has 2 aliphatic heterocycles. The van der Waals surface area contributed by atoms with Gasteiger partial charge in [-0.05, 0) is 38.6 Å². The highest BCUT2D eigenvalue weighted by Gasteiger charge is 2.40. The molecule has 2 unspecified atom stereocenters. The molecule has 0 aliphatic carbocycles. The Hall–Kier alpha value is -0.610. The largest absolute Gasteiger partial charge is 0.462 e. The number of ether oxygens (including phenoxy) is 2. The molecule has 2 rings (SSSR count). The molecule has 0 saturated carbocycles. The Morgan fingerprint density at radius 3 is 3.00 bits per heavy atom. The van der Waals surface area contributed by atoms with Crippen LogP contribution in [0.5, 0.6) is 0 Å². The van der Waals surface area contributed by atoms with Crippen LogP contribution in [0.15, 0.2) is 0 Å². The molecule has 4 heteroatoms. The molecular formula is C12H21NO3. The van der Waals surface area contributed by atoms with Crippen molar-refractivity contribution in [3.8, 4) is 0 Å². The van der Waals surface area contributed by atoms with Crippen molar-refractivity contribution < 1.29 is 14.3 Å². The molecule has 2 fully saturated rings. The standard InChI is InChI=1S/C12H21NO3/c1-2-12(6-4-7-13-12)11(14)16-9-10-5-3-8-15-10/h10,13H,2-9H2,1H3. The van der Waals surface area contributed by atoms with E-state index in [1.54, 1.807) is 0 Å². The molecule has 4 nitrogen and oxygen atoms in total. The van der Waals surface area contributed by atoms with Gasteiger partial charge in [0.1, 0.15) is 12.1 Å². The van der Waals surface area contributed by atoms with Gasteiger partial charge in [0, 0.05) is 6.61 Å². The minimum atomic E-state index is -0.418. The van der Waals surface area contributed by atoms with Crippen molar-refractivity contribution in [2.24, 2.45) is 0 Å². The van der Waals surface area contributed by atoms with Gasteiger partial charge < -0.3 is 14.8 Å². The number of nitrogens with one attached hydrogen (secondary N) is 1. The third kappa shape index (κ3) is 2.38. The maximum absolute atomic E-state index is 12.0. The number of rotatable bonds is 4. The molecule has 0 bridgehead atoms. The summed E-state index contributed by atoms with van der Waals surface area (Å²) in [6, 6.07) is 0. The van der Waals surface area contributed by atoms with Gasteiger partial charge in [0.15, 0.2) is 0 Å². The summed E-state index contributed by atoms with van der Waals surface area (Å²) >= 11 is 0. The van der Waals surface area contributed by atoms with Gasteiger partial charge in [-0.1, -0.05) is 6.92 Å². The zero-order valence-electron chi connectivity index (χ0n) is 9.96. The maximum Gasteiger partial charge on any atom is 0.326 e. The van der Waals surface area contributed by atoms with E-state index in [1.165, 1.54) is 0 Å². The molecule has 0 aromatic carbocycles. The highest BCUT2D eigenvalue weighted by Crippen LogP contribution is 2.25. The number of hydrogen-bond donors (Lipinski definition) is 1. The van der Waals surface area contributed by atoms with E-state index in [2.05, 4.69) is 5.32 Å². The lowest BCUT2D eigenvalue weighted by Crippen LogP contribution is -2.48. The lowest BCUT2D eigenvalue weighted by atomic mass is 9.94. The topological polar surface area (TPSA) is 47.6 Å². The first-order chi connectivity index (χ1) is 7.77. The molecule has 0 aromatic heterocycles. The summed E-state index contributed by atoms with van der Waals surface area (Å²) < 4.78 is 10.8. The van der Waals surface area contributed by atoms with E-state index in [0.717, 1.165) is 45.3 Å². The second-order valence-electron chi connectivity index (χ2n) is 4.70. The molecule has 2 atom stereocenters. The molecular weight excluding hydrogens is 206 g/mol. The maximum atomic E-state index is 12.0. The Morgan fingerprint density at radius 2 is 2.44 bits per heavy atom. The van der Waals surface area contributed by atoms with E-state index < -0.39 is 5.54 Å². The summed E-state index contributed by atoms with van der Waals surface area (Å²) in [5.41, 5.74) is -0.418. The van der Waals surface area contributed by atoms with Crippen LogP contribution in [0.3, 0.4) is 0 Å². The van der Waals surface area contributed by atoms with Crippen molar-refractivity contribution in [3.05, 3.63) is 0 Å². The Balaban J connectivity index is 1.81. The Labute approximate surface area is 96.7 Å². The summed E-state index contributed by atoms with van der Waals surface area (Å²) in [5.74, 6) is -0.0944. The van der Waals surface area contributed by atoms with Gasteiger partial charge in [-0.25, -0.2) is 0 Å². The summed E-state index contributed by atoms with van der Waals surface area (Å²) in [5, 5.41) is 3.28. The third-order valence-electron chi connectivity index (χ3n) is 3.66. The first kappa shape index (κ1) is 11.9. The van der Waals surface area contributed by atoms with Gasteiger partial charge in [-0.2, -0.15) is 0 Å². The smallest absolute Gasteiger partial charge is 0.326 e. The van der Waals surface area contributed by atoms with Crippen LogP contribution in [0.2, 0.25) is 0 Å². The lowest BCUT2D eigenvalue weighted by molar-refractivity contribution is -0.154. The van der Waals surface area contributed by atoms with Crippen LogP contribution in [0.1, 0.15) is 39.0 Å². The molecule has 92 valence electrons. The zero-order valence-corrected chi connectivity index (χ0v) is 9.96. The lowest BCUT2D eigenvalue weighted by Gasteiger charge is -2.26. The summed E-state index contributed by atoms with van der Waals surface area (Å²) in [6.07, 6.45) is 4.98. The van der Waals surface area contributed by atoms with Crippen LogP contribution in [0.4, 0.5) is 0 Å². The van der Waals surface area contributed by atoms with E-state index in [4.69, 9.17) is 9.47 Å². The fraction of sp³-hybridized carbons (Fsp3) is 0.917. The molecule has 0 spiro atoms. The summed E-state index contributed by atoms with van der Waals surface area (Å²) in [6.45, 7) is 4.18. The molecule has 1 N–H and O–H groups in total. The van der Waals surface area contributed by atoms with Gasteiger partial charge in [0.25, 0.3) is 0 Å². The van der Waals surface area contributed by atoms with E-state index in [0.29, 0.717) is 6.61 Å².